The van der Waals surface area contributed by atoms with Gasteiger partial charge in [-0.25, -0.2) is 4.98 Å². The Kier molecular flexibility index (Phi) is 5.33. The molecule has 28 heavy (non-hydrogen) atoms. The summed E-state index contributed by atoms with van der Waals surface area (Å²) in [7, 11) is 0. The zero-order valence-corrected chi connectivity index (χ0v) is 14.9. The van der Waals surface area contributed by atoms with Crippen LogP contribution in [0.2, 0.25) is 0 Å². The van der Waals surface area contributed by atoms with Crippen molar-refractivity contribution in [2.45, 2.75) is 19.6 Å². The molecule has 1 N–H and O–H groups in total. The first kappa shape index (κ1) is 19.0. The summed E-state index contributed by atoms with van der Waals surface area (Å²) in [5.74, 6) is -0.373. The van der Waals surface area contributed by atoms with Gasteiger partial charge in [-0.05, 0) is 30.7 Å². The van der Waals surface area contributed by atoms with E-state index in [0.717, 1.165) is 0 Å². The second-order valence-corrected chi connectivity index (χ2v) is 5.93. The fraction of sp³-hybridized carbons (Fsp3) is 0.211. The second kappa shape index (κ2) is 7.85. The maximum absolute atomic E-state index is 12.0. The SMILES string of the molecule is CCOC(=O)Cn1c(C(O)c2ccc(C#N)cc2)nc2cc([N+](=O)[O-])ccc21. The normalized spacial score (nSPS) is 11.8. The Balaban J connectivity index is 2.10. The van der Waals surface area contributed by atoms with Gasteiger partial charge in [-0.3, -0.25) is 14.9 Å². The van der Waals surface area contributed by atoms with Crippen molar-refractivity contribution in [3.63, 3.8) is 0 Å². The molecule has 3 rings (SSSR count). The molecule has 0 bridgehead atoms. The summed E-state index contributed by atoms with van der Waals surface area (Å²) in [6, 6.07) is 12.3. The number of ether oxygens (including phenoxy) is 1. The van der Waals surface area contributed by atoms with Crippen molar-refractivity contribution in [1.82, 2.24) is 9.55 Å². The molecule has 0 aliphatic carbocycles. The standard InChI is InChI=1S/C19H16N4O5/c1-2-28-17(24)11-22-16-8-7-14(23(26)27)9-15(16)21-19(22)18(25)13-5-3-12(10-20)4-6-13/h3-9,18,25H,2,11H2,1H3. The Morgan fingerprint density at radius 3 is 2.68 bits per heavy atom. The summed E-state index contributed by atoms with van der Waals surface area (Å²) >= 11 is 0. The number of carbonyl (C=O) groups is 1. The van der Waals surface area contributed by atoms with Gasteiger partial charge in [-0.15, -0.1) is 0 Å². The maximum Gasteiger partial charge on any atom is 0.326 e. The first-order chi connectivity index (χ1) is 13.4. The molecule has 0 amide bonds. The Bertz CT molecular complexity index is 1080. The molecule has 1 unspecified atom stereocenters. The number of non-ortho nitro benzene ring substituents is 1. The van der Waals surface area contributed by atoms with Gasteiger partial charge in [-0.1, -0.05) is 12.1 Å². The zero-order chi connectivity index (χ0) is 20.3. The van der Waals surface area contributed by atoms with Gasteiger partial charge in [-0.2, -0.15) is 5.26 Å². The van der Waals surface area contributed by atoms with E-state index in [1.807, 2.05) is 6.07 Å². The molecule has 0 aliphatic rings. The number of imidazole rings is 1. The predicted octanol–water partition coefficient (Wildman–Crippen LogP) is 2.46. The number of nitrogens with zero attached hydrogens (tertiary/aromatic N) is 4. The molecule has 9 heteroatoms. The fourth-order valence-corrected chi connectivity index (χ4v) is 2.85. The average molecular weight is 380 g/mol. The van der Waals surface area contributed by atoms with Gasteiger partial charge in [0, 0.05) is 12.1 Å². The number of aromatic nitrogens is 2. The summed E-state index contributed by atoms with van der Waals surface area (Å²) in [4.78, 5) is 26.8. The zero-order valence-electron chi connectivity index (χ0n) is 14.9. The van der Waals surface area contributed by atoms with Crippen LogP contribution in [0.3, 0.4) is 0 Å². The molecule has 1 aromatic heterocycles. The third kappa shape index (κ3) is 3.67. The summed E-state index contributed by atoms with van der Waals surface area (Å²) in [5, 5.41) is 30.8. The van der Waals surface area contributed by atoms with Gasteiger partial charge < -0.3 is 14.4 Å². The van der Waals surface area contributed by atoms with Gasteiger partial charge in [0.05, 0.1) is 34.2 Å². The number of nitriles is 1. The van der Waals surface area contributed by atoms with Gasteiger partial charge in [0.15, 0.2) is 0 Å². The lowest BCUT2D eigenvalue weighted by Crippen LogP contribution is -2.17. The van der Waals surface area contributed by atoms with Crippen LogP contribution in [0.5, 0.6) is 0 Å². The first-order valence-corrected chi connectivity index (χ1v) is 8.43. The molecule has 2 aromatic carbocycles. The van der Waals surface area contributed by atoms with Crippen molar-refractivity contribution in [2.75, 3.05) is 6.61 Å². The van der Waals surface area contributed by atoms with Crippen molar-refractivity contribution in [2.24, 2.45) is 0 Å². The van der Waals surface area contributed by atoms with Gasteiger partial charge >= 0.3 is 5.97 Å². The van der Waals surface area contributed by atoms with E-state index in [4.69, 9.17) is 10.00 Å². The van der Waals surface area contributed by atoms with Crippen LogP contribution >= 0.6 is 0 Å². The lowest BCUT2D eigenvalue weighted by Gasteiger charge is -2.14. The van der Waals surface area contributed by atoms with Crippen molar-refractivity contribution >= 4 is 22.7 Å². The second-order valence-electron chi connectivity index (χ2n) is 5.93. The minimum Gasteiger partial charge on any atom is -0.465 e. The molecule has 1 atom stereocenters. The van der Waals surface area contributed by atoms with Crippen LogP contribution in [0.1, 0.15) is 30.0 Å². The van der Waals surface area contributed by atoms with Gasteiger partial charge in [0.25, 0.3) is 5.69 Å². The van der Waals surface area contributed by atoms with Crippen LogP contribution in [0.25, 0.3) is 11.0 Å². The van der Waals surface area contributed by atoms with Crippen LogP contribution in [-0.2, 0) is 16.1 Å². The number of benzene rings is 2. The highest BCUT2D eigenvalue weighted by Crippen LogP contribution is 2.28. The van der Waals surface area contributed by atoms with Crippen LogP contribution < -0.4 is 0 Å². The topological polar surface area (TPSA) is 131 Å². The number of rotatable bonds is 6. The minimum absolute atomic E-state index is 0.146. The largest absolute Gasteiger partial charge is 0.465 e. The molecule has 0 aliphatic heterocycles. The summed E-state index contributed by atoms with van der Waals surface area (Å²) in [5.41, 5.74) is 1.50. The minimum atomic E-state index is -1.20. The number of fused-ring (bicyclic) bond motifs is 1. The molecular formula is C19H16N4O5. The van der Waals surface area contributed by atoms with Gasteiger partial charge in [0.1, 0.15) is 18.5 Å². The first-order valence-electron chi connectivity index (χ1n) is 8.43. The number of hydrogen-bond acceptors (Lipinski definition) is 7. The van der Waals surface area contributed by atoms with Crippen molar-refractivity contribution in [3.8, 4) is 6.07 Å². The molecule has 1 heterocycles. The number of aliphatic hydroxyl groups excluding tert-OH is 1. The van der Waals surface area contributed by atoms with E-state index < -0.39 is 17.0 Å². The Morgan fingerprint density at radius 1 is 1.36 bits per heavy atom. The van der Waals surface area contributed by atoms with Crippen LogP contribution in [0.15, 0.2) is 42.5 Å². The van der Waals surface area contributed by atoms with Crippen LogP contribution in [0.4, 0.5) is 5.69 Å². The third-order valence-electron chi connectivity index (χ3n) is 4.16. The van der Waals surface area contributed by atoms with E-state index in [2.05, 4.69) is 4.98 Å². The molecule has 9 nitrogen and oxygen atoms in total. The average Bonchev–Trinajstić information content (AvgIpc) is 3.05. The third-order valence-corrected chi connectivity index (χ3v) is 4.16. The molecule has 0 spiro atoms. The Morgan fingerprint density at radius 2 is 2.07 bits per heavy atom. The molecular weight excluding hydrogens is 364 g/mol. The molecule has 142 valence electrons. The molecule has 0 fully saturated rings. The van der Waals surface area contributed by atoms with Crippen molar-refractivity contribution in [3.05, 3.63) is 69.5 Å². The molecule has 3 aromatic rings. The molecule has 0 saturated heterocycles. The lowest BCUT2D eigenvalue weighted by atomic mass is 10.1. The maximum atomic E-state index is 12.0. The highest BCUT2D eigenvalue weighted by atomic mass is 16.6. The number of aliphatic hydroxyl groups is 1. The van der Waals surface area contributed by atoms with E-state index in [9.17, 15) is 20.0 Å². The number of nitro benzene ring substituents is 1. The molecule has 0 radical (unpaired) electrons. The summed E-state index contributed by atoms with van der Waals surface area (Å²) in [6.07, 6.45) is -1.20. The lowest BCUT2D eigenvalue weighted by molar-refractivity contribution is -0.384. The van der Waals surface area contributed by atoms with Crippen LogP contribution in [0, 0.1) is 21.4 Å². The van der Waals surface area contributed by atoms with E-state index in [0.29, 0.717) is 16.6 Å². The van der Waals surface area contributed by atoms with Crippen molar-refractivity contribution < 1.29 is 19.6 Å². The van der Waals surface area contributed by atoms with Crippen LogP contribution in [-0.4, -0.2) is 32.2 Å². The smallest absolute Gasteiger partial charge is 0.326 e. The van der Waals surface area contributed by atoms with Gasteiger partial charge in [0.2, 0.25) is 0 Å². The fourth-order valence-electron chi connectivity index (χ4n) is 2.85. The Hall–Kier alpha value is -3.77. The van der Waals surface area contributed by atoms with E-state index in [-0.39, 0.29) is 30.2 Å². The highest BCUT2D eigenvalue weighted by molar-refractivity contribution is 5.81. The summed E-state index contributed by atoms with van der Waals surface area (Å²) < 4.78 is 6.46. The molecule has 0 saturated carbocycles. The number of carbonyl (C=O) groups excluding carboxylic acids is 1. The Labute approximate surface area is 159 Å². The number of hydrogen-bond donors (Lipinski definition) is 1. The number of nitro groups is 1. The monoisotopic (exact) mass is 380 g/mol. The van der Waals surface area contributed by atoms with E-state index >= 15 is 0 Å². The quantitative estimate of drug-likeness (QED) is 0.395. The van der Waals surface area contributed by atoms with E-state index in [1.165, 1.54) is 22.8 Å². The summed E-state index contributed by atoms with van der Waals surface area (Å²) in [6.45, 7) is 1.68. The highest BCUT2D eigenvalue weighted by Gasteiger charge is 2.23. The predicted molar refractivity (Wildman–Crippen MR) is 98.2 cm³/mol. The number of esters is 1. The van der Waals surface area contributed by atoms with Crippen molar-refractivity contribution in [1.29, 1.82) is 5.26 Å². The van der Waals surface area contributed by atoms with E-state index in [1.54, 1.807) is 31.2 Å².